The summed E-state index contributed by atoms with van der Waals surface area (Å²) in [6, 6.07) is 3.50. The van der Waals surface area contributed by atoms with E-state index in [1.165, 1.54) is 4.40 Å². The molecule has 2 atom stereocenters. The smallest absolute Gasteiger partial charge is 0.274 e. The van der Waals surface area contributed by atoms with E-state index in [0.29, 0.717) is 11.6 Å². The van der Waals surface area contributed by atoms with Crippen LogP contribution in [0.1, 0.15) is 56.0 Å². The van der Waals surface area contributed by atoms with Crippen LogP contribution in [0.4, 0.5) is 0 Å². The zero-order chi connectivity index (χ0) is 18.4. The number of aryl methyl sites for hydroxylation is 1. The Morgan fingerprint density at radius 3 is 2.80 bits per heavy atom. The van der Waals surface area contributed by atoms with Gasteiger partial charge in [0.05, 0.1) is 0 Å². The Balaban J connectivity index is 1.94. The summed E-state index contributed by atoms with van der Waals surface area (Å²) in [5.74, 6) is -0.568. The summed E-state index contributed by atoms with van der Waals surface area (Å²) in [7, 11) is 0. The highest BCUT2D eigenvalue weighted by Gasteiger charge is 2.33. The van der Waals surface area contributed by atoms with Crippen LogP contribution < -0.4 is 10.9 Å². The fraction of sp³-hybridized carbons (Fsp3) is 0.526. The number of pyridine rings is 1. The standard InChI is InChI=1S/C19H25N3O3/c1-11-8-13(10-19(3,4)9-11)20-16(23)14-17(24)21-15-12(2)6-5-7-22(15)18(14)25/h5-7,11,13,24H,8-10H2,1-4H3,(H,20,23). The highest BCUT2D eigenvalue weighted by atomic mass is 16.3. The lowest BCUT2D eigenvalue weighted by Crippen LogP contribution is -2.44. The molecule has 2 N–H and O–H groups in total. The van der Waals surface area contributed by atoms with E-state index in [1.807, 2.05) is 0 Å². The summed E-state index contributed by atoms with van der Waals surface area (Å²) in [6.07, 6.45) is 4.40. The summed E-state index contributed by atoms with van der Waals surface area (Å²) in [6.45, 7) is 8.35. The van der Waals surface area contributed by atoms with Crippen molar-refractivity contribution in [3.05, 3.63) is 39.8 Å². The SMILES string of the molecule is Cc1cccn2c(=O)c(C(=O)NC3CC(C)CC(C)(C)C3)c(O)nc12. The molecule has 25 heavy (non-hydrogen) atoms. The van der Waals surface area contributed by atoms with Crippen LogP contribution in [0.2, 0.25) is 0 Å². The second-order valence-corrected chi connectivity index (χ2v) is 8.08. The van der Waals surface area contributed by atoms with E-state index in [-0.39, 0.29) is 17.0 Å². The predicted molar refractivity (Wildman–Crippen MR) is 95.9 cm³/mol. The molecule has 0 bridgehead atoms. The highest BCUT2D eigenvalue weighted by molar-refractivity contribution is 5.96. The first-order valence-electron chi connectivity index (χ1n) is 8.70. The maximum Gasteiger partial charge on any atom is 0.274 e. The summed E-state index contributed by atoms with van der Waals surface area (Å²) < 4.78 is 1.30. The van der Waals surface area contributed by atoms with E-state index in [4.69, 9.17) is 0 Å². The van der Waals surface area contributed by atoms with Crippen LogP contribution in [0.5, 0.6) is 5.88 Å². The van der Waals surface area contributed by atoms with Crippen molar-refractivity contribution in [3.63, 3.8) is 0 Å². The number of hydrogen-bond donors (Lipinski definition) is 2. The van der Waals surface area contributed by atoms with Crippen molar-refractivity contribution in [2.45, 2.75) is 53.0 Å². The molecule has 1 amide bonds. The molecule has 0 aromatic carbocycles. The van der Waals surface area contributed by atoms with Crippen LogP contribution in [0, 0.1) is 18.3 Å². The van der Waals surface area contributed by atoms with Gasteiger partial charge in [0.1, 0.15) is 5.65 Å². The third kappa shape index (κ3) is 3.38. The number of nitrogens with one attached hydrogen (secondary N) is 1. The van der Waals surface area contributed by atoms with Gasteiger partial charge in [0.15, 0.2) is 5.56 Å². The third-order valence-corrected chi connectivity index (χ3v) is 4.98. The molecule has 2 unspecified atom stereocenters. The van der Waals surface area contributed by atoms with Crippen molar-refractivity contribution < 1.29 is 9.90 Å². The Kier molecular flexibility index (Phi) is 4.31. The molecule has 2 aromatic heterocycles. The Hall–Kier alpha value is -2.37. The van der Waals surface area contributed by atoms with E-state index in [1.54, 1.807) is 25.3 Å². The van der Waals surface area contributed by atoms with Gasteiger partial charge in [0, 0.05) is 12.2 Å². The van der Waals surface area contributed by atoms with Gasteiger partial charge in [-0.25, -0.2) is 0 Å². The fourth-order valence-electron chi connectivity index (χ4n) is 4.20. The molecular formula is C19H25N3O3. The van der Waals surface area contributed by atoms with Crippen molar-refractivity contribution >= 4 is 11.6 Å². The van der Waals surface area contributed by atoms with E-state index in [2.05, 4.69) is 31.1 Å². The molecule has 134 valence electrons. The molecule has 1 saturated carbocycles. The lowest BCUT2D eigenvalue weighted by atomic mass is 9.70. The van der Waals surface area contributed by atoms with Gasteiger partial charge in [-0.15, -0.1) is 0 Å². The Labute approximate surface area is 146 Å². The minimum absolute atomic E-state index is 0.0109. The molecule has 0 radical (unpaired) electrons. The average Bonchev–Trinajstić information content (AvgIpc) is 2.46. The van der Waals surface area contributed by atoms with Crippen LogP contribution in [-0.2, 0) is 0 Å². The molecule has 1 aliphatic carbocycles. The van der Waals surface area contributed by atoms with Crippen molar-refractivity contribution in [1.82, 2.24) is 14.7 Å². The molecule has 1 aliphatic rings. The van der Waals surface area contributed by atoms with E-state index >= 15 is 0 Å². The lowest BCUT2D eigenvalue weighted by molar-refractivity contribution is 0.0869. The monoisotopic (exact) mass is 343 g/mol. The number of fused-ring (bicyclic) bond motifs is 1. The Bertz CT molecular complexity index is 885. The molecule has 0 saturated heterocycles. The second-order valence-electron chi connectivity index (χ2n) is 8.08. The largest absolute Gasteiger partial charge is 0.493 e. The van der Waals surface area contributed by atoms with Crippen LogP contribution >= 0.6 is 0 Å². The maximum absolute atomic E-state index is 12.7. The van der Waals surface area contributed by atoms with Crippen LogP contribution in [0.25, 0.3) is 5.65 Å². The number of aromatic hydroxyl groups is 1. The van der Waals surface area contributed by atoms with Crippen LogP contribution in [0.15, 0.2) is 23.1 Å². The van der Waals surface area contributed by atoms with Crippen molar-refractivity contribution in [2.75, 3.05) is 0 Å². The number of hydrogen-bond acceptors (Lipinski definition) is 4. The van der Waals surface area contributed by atoms with Gasteiger partial charge in [0.25, 0.3) is 11.5 Å². The summed E-state index contributed by atoms with van der Waals surface area (Å²) in [5.41, 5.74) is 0.412. The van der Waals surface area contributed by atoms with Crippen molar-refractivity contribution in [1.29, 1.82) is 0 Å². The van der Waals surface area contributed by atoms with Crippen molar-refractivity contribution in [2.24, 2.45) is 11.3 Å². The summed E-state index contributed by atoms with van der Waals surface area (Å²) in [5, 5.41) is 13.1. The number of carbonyl (C=O) groups is 1. The minimum Gasteiger partial charge on any atom is -0.493 e. The Morgan fingerprint density at radius 2 is 2.12 bits per heavy atom. The molecule has 2 heterocycles. The third-order valence-electron chi connectivity index (χ3n) is 4.98. The molecule has 0 spiro atoms. The number of aromatic nitrogens is 2. The van der Waals surface area contributed by atoms with Gasteiger partial charge in [-0.2, -0.15) is 4.98 Å². The zero-order valence-electron chi connectivity index (χ0n) is 15.2. The Morgan fingerprint density at radius 1 is 1.40 bits per heavy atom. The van der Waals surface area contributed by atoms with Crippen molar-refractivity contribution in [3.8, 4) is 5.88 Å². The first-order chi connectivity index (χ1) is 11.7. The number of carbonyl (C=O) groups excluding carboxylic acids is 1. The quantitative estimate of drug-likeness (QED) is 0.878. The number of nitrogens with zero attached hydrogens (tertiary/aromatic N) is 2. The number of rotatable bonds is 2. The average molecular weight is 343 g/mol. The van der Waals surface area contributed by atoms with Crippen LogP contribution in [-0.4, -0.2) is 26.4 Å². The van der Waals surface area contributed by atoms with Gasteiger partial charge in [-0.1, -0.05) is 26.8 Å². The summed E-state index contributed by atoms with van der Waals surface area (Å²) >= 11 is 0. The molecule has 0 aliphatic heterocycles. The molecule has 6 nitrogen and oxygen atoms in total. The van der Waals surface area contributed by atoms with E-state index in [0.717, 1.165) is 24.8 Å². The van der Waals surface area contributed by atoms with Crippen LogP contribution in [0.3, 0.4) is 0 Å². The zero-order valence-corrected chi connectivity index (χ0v) is 15.2. The molecule has 2 aromatic rings. The number of amides is 1. The van der Waals surface area contributed by atoms with Gasteiger partial charge in [-0.3, -0.25) is 14.0 Å². The van der Waals surface area contributed by atoms with Gasteiger partial charge >= 0.3 is 0 Å². The fourth-order valence-corrected chi connectivity index (χ4v) is 4.20. The molecule has 1 fully saturated rings. The first kappa shape index (κ1) is 17.5. The van der Waals surface area contributed by atoms with E-state index in [9.17, 15) is 14.7 Å². The van der Waals surface area contributed by atoms with Gasteiger partial charge in [-0.05, 0) is 49.1 Å². The molecule has 6 heteroatoms. The molecular weight excluding hydrogens is 318 g/mol. The minimum atomic E-state index is -0.555. The lowest BCUT2D eigenvalue weighted by Gasteiger charge is -2.39. The maximum atomic E-state index is 12.7. The summed E-state index contributed by atoms with van der Waals surface area (Å²) in [4.78, 5) is 29.4. The normalized spacial score (nSPS) is 22.7. The van der Waals surface area contributed by atoms with Gasteiger partial charge in [0.2, 0.25) is 5.88 Å². The second kappa shape index (κ2) is 6.17. The highest BCUT2D eigenvalue weighted by Crippen LogP contribution is 2.38. The predicted octanol–water partition coefficient (Wildman–Crippen LogP) is 2.65. The van der Waals surface area contributed by atoms with Gasteiger partial charge < -0.3 is 10.4 Å². The topological polar surface area (TPSA) is 83.7 Å². The first-order valence-corrected chi connectivity index (χ1v) is 8.70. The van der Waals surface area contributed by atoms with E-state index < -0.39 is 17.3 Å². The molecule has 3 rings (SSSR count).